The fourth-order valence-corrected chi connectivity index (χ4v) is 4.40. The topological polar surface area (TPSA) is 86.7 Å². The van der Waals surface area contributed by atoms with E-state index in [-0.39, 0.29) is 24.1 Å². The molecule has 0 atom stereocenters. The van der Waals surface area contributed by atoms with Gasteiger partial charge in [-0.05, 0) is 30.5 Å². The number of hydrogen-bond donors (Lipinski definition) is 2. The molecule has 3 rings (SSSR count). The molecule has 0 spiro atoms. The van der Waals surface area contributed by atoms with E-state index in [1.807, 2.05) is 30.3 Å². The van der Waals surface area contributed by atoms with Crippen molar-refractivity contribution in [2.45, 2.75) is 19.4 Å². The Bertz CT molecular complexity index is 934. The molecule has 0 saturated carbocycles. The molecule has 2 N–H and O–H groups in total. The molecule has 2 aromatic rings. The number of phenolic OH excluding ortho intramolecular Hbond substituents is 1. The number of nitrogens with zero attached hydrogens (tertiary/aromatic N) is 1. The van der Waals surface area contributed by atoms with Crippen molar-refractivity contribution >= 4 is 22.0 Å². The van der Waals surface area contributed by atoms with Gasteiger partial charge >= 0.3 is 0 Å². The van der Waals surface area contributed by atoms with E-state index in [1.165, 1.54) is 9.71 Å². The van der Waals surface area contributed by atoms with E-state index in [0.29, 0.717) is 31.5 Å². The third-order valence-electron chi connectivity index (χ3n) is 4.86. The standard InChI is InChI=1S/C21H24N2O4S/c24-20-9-5-4-8-19(20)16-22-21(25)18-10-13-23(14-11-18)28(26,27)15-12-17-6-2-1-3-7-17/h1-9,12,15,18,24H,10-11,13-14,16H2,(H,22,25)/b15-12+. The smallest absolute Gasteiger partial charge is 0.236 e. The van der Waals surface area contributed by atoms with Crippen molar-refractivity contribution in [3.05, 3.63) is 71.1 Å². The van der Waals surface area contributed by atoms with Gasteiger partial charge in [0.05, 0.1) is 0 Å². The number of carbonyl (C=O) groups excluding carboxylic acids is 1. The molecular weight excluding hydrogens is 376 g/mol. The Kier molecular flexibility index (Phi) is 6.49. The van der Waals surface area contributed by atoms with E-state index in [0.717, 1.165) is 5.56 Å². The molecule has 1 heterocycles. The van der Waals surface area contributed by atoms with Crippen molar-refractivity contribution in [1.29, 1.82) is 0 Å². The van der Waals surface area contributed by atoms with Gasteiger partial charge in [-0.3, -0.25) is 4.79 Å². The van der Waals surface area contributed by atoms with E-state index in [1.54, 1.807) is 30.3 Å². The monoisotopic (exact) mass is 400 g/mol. The number of hydrogen-bond acceptors (Lipinski definition) is 4. The number of amides is 1. The van der Waals surface area contributed by atoms with Crippen molar-refractivity contribution < 1.29 is 18.3 Å². The fourth-order valence-electron chi connectivity index (χ4n) is 3.17. The second kappa shape index (κ2) is 9.03. The fraction of sp³-hybridized carbons (Fsp3) is 0.286. The van der Waals surface area contributed by atoms with E-state index in [9.17, 15) is 18.3 Å². The number of phenols is 1. The molecule has 28 heavy (non-hydrogen) atoms. The van der Waals surface area contributed by atoms with Crippen LogP contribution in [0.4, 0.5) is 0 Å². The zero-order valence-corrected chi connectivity index (χ0v) is 16.3. The van der Waals surface area contributed by atoms with Gasteiger partial charge in [-0.15, -0.1) is 0 Å². The average molecular weight is 401 g/mol. The minimum absolute atomic E-state index is 0.111. The van der Waals surface area contributed by atoms with Crippen LogP contribution in [0.25, 0.3) is 6.08 Å². The number of piperidine rings is 1. The molecular formula is C21H24N2O4S. The predicted molar refractivity (Wildman–Crippen MR) is 109 cm³/mol. The molecule has 7 heteroatoms. The number of para-hydroxylation sites is 1. The highest BCUT2D eigenvalue weighted by molar-refractivity contribution is 7.92. The van der Waals surface area contributed by atoms with E-state index >= 15 is 0 Å². The van der Waals surface area contributed by atoms with Gasteiger partial charge in [0, 0.05) is 36.5 Å². The lowest BCUT2D eigenvalue weighted by Gasteiger charge is -2.29. The maximum Gasteiger partial charge on any atom is 0.236 e. The van der Waals surface area contributed by atoms with Crippen molar-refractivity contribution in [3.8, 4) is 5.75 Å². The minimum Gasteiger partial charge on any atom is -0.508 e. The second-order valence-electron chi connectivity index (χ2n) is 6.78. The van der Waals surface area contributed by atoms with Gasteiger partial charge < -0.3 is 10.4 Å². The van der Waals surface area contributed by atoms with Gasteiger partial charge in [0.15, 0.2) is 0 Å². The van der Waals surface area contributed by atoms with Crippen LogP contribution in [0.1, 0.15) is 24.0 Å². The Morgan fingerprint density at radius 2 is 1.71 bits per heavy atom. The van der Waals surface area contributed by atoms with Crippen LogP contribution >= 0.6 is 0 Å². The Hall–Kier alpha value is -2.64. The Morgan fingerprint density at radius 3 is 2.39 bits per heavy atom. The molecule has 1 aliphatic rings. The summed E-state index contributed by atoms with van der Waals surface area (Å²) in [5.41, 5.74) is 1.48. The highest BCUT2D eigenvalue weighted by atomic mass is 32.2. The van der Waals surface area contributed by atoms with Crippen LogP contribution in [-0.4, -0.2) is 36.8 Å². The summed E-state index contributed by atoms with van der Waals surface area (Å²) in [5.74, 6) is -0.190. The summed E-state index contributed by atoms with van der Waals surface area (Å²) >= 11 is 0. The summed E-state index contributed by atoms with van der Waals surface area (Å²) < 4.78 is 26.4. The Balaban J connectivity index is 1.51. The van der Waals surface area contributed by atoms with Gasteiger partial charge in [0.1, 0.15) is 5.75 Å². The van der Waals surface area contributed by atoms with Crippen LogP contribution < -0.4 is 5.32 Å². The first-order chi connectivity index (χ1) is 13.5. The SMILES string of the molecule is O=C(NCc1ccccc1O)C1CCN(S(=O)(=O)/C=C/c2ccccc2)CC1. The summed E-state index contributed by atoms with van der Waals surface area (Å²) in [6, 6.07) is 16.1. The van der Waals surface area contributed by atoms with Gasteiger partial charge in [0.25, 0.3) is 0 Å². The lowest BCUT2D eigenvalue weighted by Crippen LogP contribution is -2.42. The number of aromatic hydroxyl groups is 1. The number of rotatable bonds is 6. The van der Waals surface area contributed by atoms with Crippen molar-refractivity contribution in [1.82, 2.24) is 9.62 Å². The van der Waals surface area contributed by atoms with Crippen molar-refractivity contribution in [2.24, 2.45) is 5.92 Å². The summed E-state index contributed by atoms with van der Waals surface area (Å²) in [6.07, 6.45) is 2.54. The third-order valence-corrected chi connectivity index (χ3v) is 6.43. The molecule has 1 amide bonds. The maximum atomic E-state index is 12.5. The Morgan fingerprint density at radius 1 is 1.07 bits per heavy atom. The quantitative estimate of drug-likeness (QED) is 0.781. The summed E-state index contributed by atoms with van der Waals surface area (Å²) in [5, 5.41) is 13.8. The van der Waals surface area contributed by atoms with E-state index in [4.69, 9.17) is 0 Å². The van der Waals surface area contributed by atoms with Crippen LogP contribution in [0.5, 0.6) is 5.75 Å². The van der Waals surface area contributed by atoms with E-state index < -0.39 is 10.0 Å². The highest BCUT2D eigenvalue weighted by Gasteiger charge is 2.29. The van der Waals surface area contributed by atoms with Crippen LogP contribution in [0, 0.1) is 5.92 Å². The summed E-state index contributed by atoms with van der Waals surface area (Å²) in [4.78, 5) is 12.4. The van der Waals surface area contributed by atoms with Crippen LogP contribution in [0.3, 0.4) is 0 Å². The molecule has 0 radical (unpaired) electrons. The van der Waals surface area contributed by atoms with Gasteiger partial charge in [0.2, 0.25) is 15.9 Å². The number of nitrogens with one attached hydrogen (secondary N) is 1. The largest absolute Gasteiger partial charge is 0.508 e. The number of benzene rings is 2. The van der Waals surface area contributed by atoms with Gasteiger partial charge in [-0.25, -0.2) is 8.42 Å². The Labute approximate surface area is 165 Å². The lowest BCUT2D eigenvalue weighted by molar-refractivity contribution is -0.126. The molecule has 1 fully saturated rings. The predicted octanol–water partition coefficient (Wildman–Crippen LogP) is 2.72. The average Bonchev–Trinajstić information content (AvgIpc) is 2.72. The van der Waals surface area contributed by atoms with Crippen LogP contribution in [-0.2, 0) is 21.4 Å². The van der Waals surface area contributed by atoms with Crippen LogP contribution in [0.2, 0.25) is 0 Å². The first-order valence-corrected chi connectivity index (χ1v) is 10.7. The first kappa shape index (κ1) is 20.1. The number of sulfonamides is 1. The third kappa shape index (κ3) is 5.21. The molecule has 1 aliphatic heterocycles. The summed E-state index contributed by atoms with van der Waals surface area (Å²) in [6.45, 7) is 0.885. The molecule has 0 bridgehead atoms. The van der Waals surface area contributed by atoms with Crippen LogP contribution in [0.15, 0.2) is 60.0 Å². The maximum absolute atomic E-state index is 12.5. The molecule has 1 saturated heterocycles. The summed E-state index contributed by atoms with van der Waals surface area (Å²) in [7, 11) is -3.50. The van der Waals surface area contributed by atoms with Crippen molar-refractivity contribution in [3.63, 3.8) is 0 Å². The zero-order chi connectivity index (χ0) is 20.0. The number of carbonyl (C=O) groups is 1. The molecule has 6 nitrogen and oxygen atoms in total. The molecule has 0 unspecified atom stereocenters. The van der Waals surface area contributed by atoms with E-state index in [2.05, 4.69) is 5.32 Å². The zero-order valence-electron chi connectivity index (χ0n) is 15.5. The lowest BCUT2D eigenvalue weighted by atomic mass is 9.97. The van der Waals surface area contributed by atoms with Gasteiger partial charge in [-0.1, -0.05) is 48.5 Å². The minimum atomic E-state index is -3.50. The normalized spacial score (nSPS) is 16.3. The molecule has 0 aromatic heterocycles. The molecule has 148 valence electrons. The first-order valence-electron chi connectivity index (χ1n) is 9.23. The molecule has 2 aromatic carbocycles. The van der Waals surface area contributed by atoms with Gasteiger partial charge in [-0.2, -0.15) is 4.31 Å². The second-order valence-corrected chi connectivity index (χ2v) is 8.60. The molecule has 0 aliphatic carbocycles. The van der Waals surface area contributed by atoms with Crippen molar-refractivity contribution in [2.75, 3.05) is 13.1 Å². The highest BCUT2D eigenvalue weighted by Crippen LogP contribution is 2.22.